The molecule has 0 radical (unpaired) electrons. The van der Waals surface area contributed by atoms with E-state index in [1.807, 2.05) is 12.1 Å². The molecule has 2 aromatic heterocycles. The number of hydrogen-bond donors (Lipinski definition) is 0. The summed E-state index contributed by atoms with van der Waals surface area (Å²) in [5, 5.41) is 4.35. The summed E-state index contributed by atoms with van der Waals surface area (Å²) in [7, 11) is 0. The average Bonchev–Trinajstić information content (AvgIpc) is 3.06. The number of nitrogens with zero attached hydrogens (tertiary/aromatic N) is 2. The number of aromatic nitrogens is 2. The van der Waals surface area contributed by atoms with Gasteiger partial charge >= 0.3 is 0 Å². The maximum absolute atomic E-state index is 5.98. The van der Waals surface area contributed by atoms with Gasteiger partial charge in [-0.25, -0.2) is 0 Å². The highest BCUT2D eigenvalue weighted by Gasteiger charge is 2.12. The van der Waals surface area contributed by atoms with Crippen LogP contribution in [0.15, 0.2) is 50.0 Å². The standard InChI is InChI=1S/C13H8BrClN2O3/c14-11-6-5-10(19-11)13-16-12(20-17-13)7-18-9-4-2-1-3-8(9)15/h1-6H,7H2. The van der Waals surface area contributed by atoms with Crippen molar-refractivity contribution in [1.82, 2.24) is 10.1 Å². The summed E-state index contributed by atoms with van der Waals surface area (Å²) in [5.74, 6) is 1.79. The zero-order valence-electron chi connectivity index (χ0n) is 10.0. The highest BCUT2D eigenvalue weighted by molar-refractivity contribution is 9.10. The first kappa shape index (κ1) is 13.2. The van der Waals surface area contributed by atoms with Crippen molar-refractivity contribution in [1.29, 1.82) is 0 Å². The van der Waals surface area contributed by atoms with E-state index in [1.165, 1.54) is 0 Å². The molecule has 0 unspecified atom stereocenters. The van der Waals surface area contributed by atoms with Gasteiger partial charge in [0.05, 0.1) is 5.02 Å². The predicted molar refractivity (Wildman–Crippen MR) is 75.5 cm³/mol. The van der Waals surface area contributed by atoms with Gasteiger partial charge < -0.3 is 13.7 Å². The molecule has 0 fully saturated rings. The lowest BCUT2D eigenvalue weighted by Crippen LogP contribution is -1.96. The Labute approximate surface area is 127 Å². The summed E-state index contributed by atoms with van der Waals surface area (Å²) in [6.45, 7) is 0.138. The molecule has 0 spiro atoms. The third-order valence-corrected chi connectivity index (χ3v) is 3.19. The Morgan fingerprint density at radius 2 is 2.05 bits per heavy atom. The van der Waals surface area contributed by atoms with Gasteiger partial charge in [0, 0.05) is 0 Å². The Balaban J connectivity index is 1.70. The summed E-state index contributed by atoms with van der Waals surface area (Å²) in [5.41, 5.74) is 0. The smallest absolute Gasteiger partial charge is 0.264 e. The minimum atomic E-state index is 0.138. The molecule has 3 aromatic rings. The van der Waals surface area contributed by atoms with Gasteiger partial charge in [-0.1, -0.05) is 28.9 Å². The summed E-state index contributed by atoms with van der Waals surface area (Å²) in [6, 6.07) is 10.7. The van der Waals surface area contributed by atoms with E-state index in [1.54, 1.807) is 24.3 Å². The average molecular weight is 356 g/mol. The van der Waals surface area contributed by atoms with Crippen LogP contribution < -0.4 is 4.74 Å². The molecule has 0 bridgehead atoms. The Hall–Kier alpha value is -1.79. The first-order chi connectivity index (χ1) is 9.72. The Morgan fingerprint density at radius 1 is 1.20 bits per heavy atom. The second-order valence-corrected chi connectivity index (χ2v) is 5.02. The molecule has 0 N–H and O–H groups in total. The van der Waals surface area contributed by atoms with Gasteiger partial charge in [0.15, 0.2) is 17.0 Å². The third kappa shape index (κ3) is 2.86. The van der Waals surface area contributed by atoms with Crippen LogP contribution in [0.5, 0.6) is 5.75 Å². The van der Waals surface area contributed by atoms with Crippen molar-refractivity contribution < 1.29 is 13.7 Å². The number of ether oxygens (including phenoxy) is 1. The molecule has 102 valence electrons. The summed E-state index contributed by atoms with van der Waals surface area (Å²) >= 11 is 9.20. The van der Waals surface area contributed by atoms with E-state index < -0.39 is 0 Å². The van der Waals surface area contributed by atoms with Crippen LogP contribution in [-0.4, -0.2) is 10.1 Å². The summed E-state index contributed by atoms with van der Waals surface area (Å²) in [4.78, 5) is 4.18. The monoisotopic (exact) mass is 354 g/mol. The van der Waals surface area contributed by atoms with Gasteiger partial charge in [0.1, 0.15) is 5.75 Å². The van der Waals surface area contributed by atoms with E-state index in [2.05, 4.69) is 26.1 Å². The Morgan fingerprint density at radius 3 is 2.80 bits per heavy atom. The molecule has 5 nitrogen and oxygen atoms in total. The molecule has 0 aliphatic heterocycles. The van der Waals surface area contributed by atoms with Crippen molar-refractivity contribution in [2.24, 2.45) is 0 Å². The molecular weight excluding hydrogens is 348 g/mol. The number of hydrogen-bond acceptors (Lipinski definition) is 5. The van der Waals surface area contributed by atoms with Gasteiger partial charge in [0.2, 0.25) is 5.82 Å². The minimum Gasteiger partial charge on any atom is -0.482 e. The van der Waals surface area contributed by atoms with E-state index in [9.17, 15) is 0 Å². The van der Waals surface area contributed by atoms with Crippen LogP contribution in [0.2, 0.25) is 5.02 Å². The lowest BCUT2D eigenvalue weighted by atomic mass is 10.3. The SMILES string of the molecule is Clc1ccccc1OCc1nc(-c2ccc(Br)o2)no1. The first-order valence-electron chi connectivity index (χ1n) is 5.68. The van der Waals surface area contributed by atoms with Crippen molar-refractivity contribution in [2.75, 3.05) is 0 Å². The lowest BCUT2D eigenvalue weighted by molar-refractivity contribution is 0.243. The molecule has 2 heterocycles. The van der Waals surface area contributed by atoms with Crippen LogP contribution in [0.3, 0.4) is 0 Å². The normalized spacial score (nSPS) is 10.7. The number of para-hydroxylation sites is 1. The minimum absolute atomic E-state index is 0.138. The van der Waals surface area contributed by atoms with Crippen LogP contribution in [0.4, 0.5) is 0 Å². The van der Waals surface area contributed by atoms with Crippen LogP contribution in [0.1, 0.15) is 5.89 Å². The maximum Gasteiger partial charge on any atom is 0.264 e. The van der Waals surface area contributed by atoms with Crippen LogP contribution in [0.25, 0.3) is 11.6 Å². The molecule has 1 aromatic carbocycles. The highest BCUT2D eigenvalue weighted by atomic mass is 79.9. The Kier molecular flexibility index (Phi) is 3.75. The molecule has 20 heavy (non-hydrogen) atoms. The van der Waals surface area contributed by atoms with E-state index in [0.29, 0.717) is 32.9 Å². The Bertz CT molecular complexity index is 726. The van der Waals surface area contributed by atoms with E-state index in [4.69, 9.17) is 25.3 Å². The van der Waals surface area contributed by atoms with E-state index >= 15 is 0 Å². The fourth-order valence-electron chi connectivity index (χ4n) is 1.55. The summed E-state index contributed by atoms with van der Waals surface area (Å²) < 4.78 is 16.5. The quantitative estimate of drug-likeness (QED) is 0.697. The molecular formula is C13H8BrClN2O3. The van der Waals surface area contributed by atoms with Crippen molar-refractivity contribution in [3.8, 4) is 17.3 Å². The van der Waals surface area contributed by atoms with E-state index in [-0.39, 0.29) is 6.61 Å². The van der Waals surface area contributed by atoms with Gasteiger partial charge in [0.25, 0.3) is 5.89 Å². The molecule has 0 atom stereocenters. The molecule has 3 rings (SSSR count). The number of furan rings is 1. The largest absolute Gasteiger partial charge is 0.482 e. The van der Waals surface area contributed by atoms with Crippen LogP contribution in [-0.2, 0) is 6.61 Å². The van der Waals surface area contributed by atoms with Crippen LogP contribution in [0, 0.1) is 0 Å². The second-order valence-electron chi connectivity index (χ2n) is 3.83. The van der Waals surface area contributed by atoms with Crippen molar-refractivity contribution >= 4 is 27.5 Å². The highest BCUT2D eigenvalue weighted by Crippen LogP contribution is 2.25. The molecule has 0 saturated carbocycles. The van der Waals surface area contributed by atoms with E-state index in [0.717, 1.165) is 0 Å². The molecule has 0 aliphatic rings. The maximum atomic E-state index is 5.98. The second kappa shape index (κ2) is 5.68. The number of halogens is 2. The van der Waals surface area contributed by atoms with Crippen LogP contribution >= 0.6 is 27.5 Å². The fourth-order valence-corrected chi connectivity index (χ4v) is 2.05. The third-order valence-electron chi connectivity index (χ3n) is 2.45. The van der Waals surface area contributed by atoms with Gasteiger partial charge in [-0.15, -0.1) is 0 Å². The van der Waals surface area contributed by atoms with Crippen molar-refractivity contribution in [2.45, 2.75) is 6.61 Å². The van der Waals surface area contributed by atoms with Crippen molar-refractivity contribution in [3.05, 3.63) is 52.0 Å². The summed E-state index contributed by atoms with van der Waals surface area (Å²) in [6.07, 6.45) is 0. The molecule has 0 saturated heterocycles. The topological polar surface area (TPSA) is 61.3 Å². The molecule has 7 heteroatoms. The molecule has 0 aliphatic carbocycles. The lowest BCUT2D eigenvalue weighted by Gasteiger charge is -2.03. The van der Waals surface area contributed by atoms with Crippen molar-refractivity contribution in [3.63, 3.8) is 0 Å². The first-order valence-corrected chi connectivity index (χ1v) is 6.85. The fraction of sp³-hybridized carbons (Fsp3) is 0.0769. The zero-order valence-corrected chi connectivity index (χ0v) is 12.4. The zero-order chi connectivity index (χ0) is 13.9. The van der Waals surface area contributed by atoms with Gasteiger partial charge in [-0.3, -0.25) is 0 Å². The van der Waals surface area contributed by atoms with Gasteiger partial charge in [-0.2, -0.15) is 4.98 Å². The predicted octanol–water partition coefficient (Wildman–Crippen LogP) is 4.32. The van der Waals surface area contributed by atoms with Gasteiger partial charge in [-0.05, 0) is 40.2 Å². The molecule has 0 amide bonds. The number of benzene rings is 1. The number of rotatable bonds is 4.